The summed E-state index contributed by atoms with van der Waals surface area (Å²) in [7, 11) is 0. The number of carbonyl (C=O) groups is 2. The molecule has 0 saturated carbocycles. The zero-order chi connectivity index (χ0) is 22.1. The minimum atomic E-state index is -2.92. The number of halogens is 2. The van der Waals surface area contributed by atoms with Crippen molar-refractivity contribution in [2.45, 2.75) is 46.2 Å². The van der Waals surface area contributed by atoms with Gasteiger partial charge in [-0.15, -0.1) is 0 Å². The van der Waals surface area contributed by atoms with E-state index < -0.39 is 18.5 Å². The molecule has 30 heavy (non-hydrogen) atoms. The van der Waals surface area contributed by atoms with Gasteiger partial charge in [0.2, 0.25) is 0 Å². The number of ether oxygens (including phenoxy) is 2. The second-order valence-electron chi connectivity index (χ2n) is 7.40. The Kier molecular flexibility index (Phi) is 6.05. The number of nitrogens with zero attached hydrogens (tertiary/aromatic N) is 2. The van der Waals surface area contributed by atoms with Crippen LogP contribution in [0.3, 0.4) is 0 Å². The highest BCUT2D eigenvalue weighted by Crippen LogP contribution is 2.34. The van der Waals surface area contributed by atoms with Crippen LogP contribution in [-0.2, 0) is 11.3 Å². The predicted octanol–water partition coefficient (Wildman–Crippen LogP) is 4.32. The molecule has 1 aliphatic rings. The van der Waals surface area contributed by atoms with E-state index in [4.69, 9.17) is 9.47 Å². The fourth-order valence-corrected chi connectivity index (χ4v) is 3.42. The van der Waals surface area contributed by atoms with Crippen LogP contribution < -0.4 is 4.74 Å². The highest BCUT2D eigenvalue weighted by molar-refractivity contribution is 6.02. The maximum atomic E-state index is 13.1. The fraction of sp³-hybridized carbons (Fsp3) is 0.409. The lowest BCUT2D eigenvalue weighted by Gasteiger charge is -2.25. The Hall–Kier alpha value is -3.03. The van der Waals surface area contributed by atoms with Gasteiger partial charge in [0, 0.05) is 30.8 Å². The van der Waals surface area contributed by atoms with E-state index in [1.165, 1.54) is 6.20 Å². The van der Waals surface area contributed by atoms with Gasteiger partial charge in [0.15, 0.2) is 12.3 Å². The van der Waals surface area contributed by atoms with Gasteiger partial charge in [-0.25, -0.2) is 18.6 Å². The Bertz CT molecular complexity index is 972. The summed E-state index contributed by atoms with van der Waals surface area (Å²) >= 11 is 0. The molecule has 0 bridgehead atoms. The van der Waals surface area contributed by atoms with E-state index in [9.17, 15) is 18.4 Å². The molecule has 0 radical (unpaired) electrons. The molecule has 1 unspecified atom stereocenters. The smallest absolute Gasteiger partial charge is 0.357 e. The van der Waals surface area contributed by atoms with Crippen LogP contribution in [0.2, 0.25) is 0 Å². The monoisotopic (exact) mass is 418 g/mol. The van der Waals surface area contributed by atoms with Crippen molar-refractivity contribution in [3.63, 3.8) is 0 Å². The van der Waals surface area contributed by atoms with Crippen molar-refractivity contribution < 1.29 is 27.8 Å². The molecule has 3 rings (SSSR count). The van der Waals surface area contributed by atoms with Gasteiger partial charge in [0.25, 0.3) is 11.8 Å². The fourth-order valence-electron chi connectivity index (χ4n) is 3.42. The molecule has 0 fully saturated rings. The van der Waals surface area contributed by atoms with E-state index in [0.717, 1.165) is 12.5 Å². The van der Waals surface area contributed by atoms with Crippen molar-refractivity contribution in [3.8, 4) is 5.75 Å². The number of carbonyl (C=O) groups excluding carboxylic acids is 2. The first-order valence-corrected chi connectivity index (χ1v) is 9.69. The Morgan fingerprint density at radius 2 is 2.07 bits per heavy atom. The molecule has 1 aliphatic heterocycles. The number of hydrogen-bond acceptors (Lipinski definition) is 5. The molecular weight excluding hydrogens is 394 g/mol. The summed E-state index contributed by atoms with van der Waals surface area (Å²) in [6.07, 6.45) is 1.43. The number of rotatable bonds is 7. The minimum Gasteiger partial charge on any atom is -0.487 e. The number of pyridine rings is 1. The number of fused-ring (bicyclic) bond motifs is 1. The van der Waals surface area contributed by atoms with Gasteiger partial charge in [-0.05, 0) is 44.0 Å². The van der Waals surface area contributed by atoms with Crippen molar-refractivity contribution in [2.75, 3.05) is 13.2 Å². The first kappa shape index (κ1) is 21.7. The van der Waals surface area contributed by atoms with E-state index in [2.05, 4.69) is 4.98 Å². The SMILES string of the molecule is CCOC(=O)c1nccc2c1CN(C(C)c1ccc(OCC(C)(F)F)c(C)c1)C2=O. The van der Waals surface area contributed by atoms with Crippen molar-refractivity contribution in [3.05, 3.63) is 58.4 Å². The van der Waals surface area contributed by atoms with E-state index in [-0.39, 0.29) is 30.8 Å². The average molecular weight is 418 g/mol. The highest BCUT2D eigenvalue weighted by atomic mass is 19.3. The number of esters is 1. The van der Waals surface area contributed by atoms with Crippen LogP contribution in [0.5, 0.6) is 5.75 Å². The number of aryl methyl sites for hydroxylation is 1. The third-order valence-corrected chi connectivity index (χ3v) is 4.97. The molecule has 0 saturated heterocycles. The third-order valence-electron chi connectivity index (χ3n) is 4.97. The lowest BCUT2D eigenvalue weighted by atomic mass is 10.0. The number of amides is 1. The normalized spacial score (nSPS) is 14.5. The Morgan fingerprint density at radius 1 is 1.33 bits per heavy atom. The molecule has 2 aromatic rings. The van der Waals surface area contributed by atoms with Gasteiger partial charge in [-0.1, -0.05) is 12.1 Å². The van der Waals surface area contributed by atoms with Gasteiger partial charge in [-0.2, -0.15) is 0 Å². The van der Waals surface area contributed by atoms with Gasteiger partial charge >= 0.3 is 5.97 Å². The highest BCUT2D eigenvalue weighted by Gasteiger charge is 2.35. The Balaban J connectivity index is 1.81. The zero-order valence-electron chi connectivity index (χ0n) is 17.4. The van der Waals surface area contributed by atoms with Crippen LogP contribution in [0.4, 0.5) is 8.78 Å². The average Bonchev–Trinajstić information content (AvgIpc) is 3.02. The summed E-state index contributed by atoms with van der Waals surface area (Å²) in [5.74, 6) is -3.30. The number of alkyl halides is 2. The maximum Gasteiger partial charge on any atom is 0.357 e. The van der Waals surface area contributed by atoms with Gasteiger partial charge in [0.05, 0.1) is 12.6 Å². The minimum absolute atomic E-state index is 0.151. The van der Waals surface area contributed by atoms with E-state index in [0.29, 0.717) is 22.4 Å². The molecule has 2 heterocycles. The molecule has 1 aromatic carbocycles. The molecule has 6 nitrogen and oxygen atoms in total. The first-order valence-electron chi connectivity index (χ1n) is 9.69. The standard InChI is InChI=1S/C22H24F2N2O4/c1-5-29-21(28)19-17-11-26(20(27)16(17)8-9-25-19)14(3)15-6-7-18(13(2)10-15)30-12-22(4,23)24/h6-10,14H,5,11-12H2,1-4H3. The van der Waals surface area contributed by atoms with Gasteiger partial charge in [0.1, 0.15) is 5.75 Å². The molecule has 0 spiro atoms. The summed E-state index contributed by atoms with van der Waals surface area (Å²) in [4.78, 5) is 30.9. The largest absolute Gasteiger partial charge is 0.487 e. The molecule has 0 N–H and O–H groups in total. The Labute approximate surface area is 173 Å². The van der Waals surface area contributed by atoms with Crippen molar-refractivity contribution >= 4 is 11.9 Å². The van der Waals surface area contributed by atoms with Crippen LogP contribution in [0.15, 0.2) is 30.5 Å². The maximum absolute atomic E-state index is 13.1. The summed E-state index contributed by atoms with van der Waals surface area (Å²) in [6, 6.07) is 6.49. The number of hydrogen-bond donors (Lipinski definition) is 0. The predicted molar refractivity (Wildman–Crippen MR) is 106 cm³/mol. The Morgan fingerprint density at radius 3 is 2.70 bits per heavy atom. The summed E-state index contributed by atoms with van der Waals surface area (Å²) in [5.41, 5.74) is 2.66. The van der Waals surface area contributed by atoms with Crippen LogP contribution >= 0.6 is 0 Å². The summed E-state index contributed by atoms with van der Waals surface area (Å²) < 4.78 is 36.4. The second kappa shape index (κ2) is 8.38. The van der Waals surface area contributed by atoms with Crippen molar-refractivity contribution in [1.82, 2.24) is 9.88 Å². The molecular formula is C22H24F2N2O4. The van der Waals surface area contributed by atoms with Crippen LogP contribution in [-0.4, -0.2) is 40.9 Å². The van der Waals surface area contributed by atoms with E-state index >= 15 is 0 Å². The molecule has 8 heteroatoms. The van der Waals surface area contributed by atoms with Gasteiger partial charge in [-0.3, -0.25) is 4.79 Å². The lowest BCUT2D eigenvalue weighted by Crippen LogP contribution is -2.27. The molecule has 1 aromatic heterocycles. The van der Waals surface area contributed by atoms with Crippen LogP contribution in [0, 0.1) is 6.92 Å². The van der Waals surface area contributed by atoms with Crippen molar-refractivity contribution in [1.29, 1.82) is 0 Å². The first-order chi connectivity index (χ1) is 14.1. The quantitative estimate of drug-likeness (QED) is 0.627. The van der Waals surface area contributed by atoms with E-state index in [1.807, 2.05) is 13.0 Å². The zero-order valence-corrected chi connectivity index (χ0v) is 17.4. The van der Waals surface area contributed by atoms with Crippen molar-refractivity contribution in [2.24, 2.45) is 0 Å². The number of benzene rings is 1. The molecule has 0 aliphatic carbocycles. The van der Waals surface area contributed by atoms with Crippen LogP contribution in [0.25, 0.3) is 0 Å². The van der Waals surface area contributed by atoms with E-state index in [1.54, 1.807) is 36.9 Å². The molecule has 1 atom stereocenters. The molecule has 160 valence electrons. The molecule has 1 amide bonds. The lowest BCUT2D eigenvalue weighted by molar-refractivity contribution is -0.0231. The summed E-state index contributed by atoms with van der Waals surface area (Å²) in [5, 5.41) is 0. The van der Waals surface area contributed by atoms with Gasteiger partial charge < -0.3 is 14.4 Å². The van der Waals surface area contributed by atoms with Crippen LogP contribution in [0.1, 0.15) is 64.3 Å². The third kappa shape index (κ3) is 4.42. The topological polar surface area (TPSA) is 68.7 Å². The second-order valence-corrected chi connectivity index (χ2v) is 7.40. The number of aromatic nitrogens is 1. The summed E-state index contributed by atoms with van der Waals surface area (Å²) in [6.45, 7) is 5.89.